The van der Waals surface area contributed by atoms with Crippen molar-refractivity contribution >= 4 is 11.7 Å². The Labute approximate surface area is 104 Å². The smallest absolute Gasteiger partial charge is 0.185 e. The van der Waals surface area contributed by atoms with Crippen molar-refractivity contribution in [3.05, 3.63) is 12.0 Å². The number of aromatic nitrogens is 5. The molecule has 0 spiro atoms. The van der Waals surface area contributed by atoms with E-state index in [0.29, 0.717) is 0 Å². The number of rotatable bonds is 1. The highest BCUT2D eigenvalue weighted by Crippen LogP contribution is 2.20. The van der Waals surface area contributed by atoms with Crippen LogP contribution in [0.15, 0.2) is 6.20 Å². The van der Waals surface area contributed by atoms with Crippen molar-refractivity contribution in [2.45, 2.75) is 45.1 Å². The molecule has 0 N–H and O–H groups in total. The van der Waals surface area contributed by atoms with Crippen LogP contribution in [-0.4, -0.2) is 23.5 Å². The monoisotopic (exact) mass is 249 g/mol. The fraction of sp³-hybridized carbons (Fsp3) is 0.636. The summed E-state index contributed by atoms with van der Waals surface area (Å²) in [6.45, 7) is 1.01. The van der Waals surface area contributed by atoms with Gasteiger partial charge in [-0.3, -0.25) is 0 Å². The highest BCUT2D eigenvalue weighted by Gasteiger charge is 2.16. The Kier molecular flexibility index (Phi) is 3.13. The molecule has 0 saturated carbocycles. The summed E-state index contributed by atoms with van der Waals surface area (Å²) < 4.78 is 10.5. The van der Waals surface area contributed by atoms with Crippen molar-refractivity contribution in [3.8, 4) is 11.5 Å². The third kappa shape index (κ3) is 2.22. The first kappa shape index (κ1) is 10.8. The molecule has 2 aromatic rings. The number of nitrogens with zero attached hydrogens (tertiary/aromatic N) is 5. The van der Waals surface area contributed by atoms with Crippen LogP contribution in [0.25, 0.3) is 11.5 Å². The maximum atomic E-state index is 4.31. The van der Waals surface area contributed by atoms with Gasteiger partial charge in [0.2, 0.25) is 0 Å². The molecule has 0 aromatic carbocycles. The number of fused-ring (bicyclic) bond motifs is 1. The number of hydrogen-bond acceptors (Lipinski definition) is 5. The van der Waals surface area contributed by atoms with Crippen LogP contribution in [0.2, 0.25) is 0 Å². The largest absolute Gasteiger partial charge is 0.310 e. The van der Waals surface area contributed by atoms with E-state index in [2.05, 4.69) is 23.5 Å². The molecule has 90 valence electrons. The molecular formula is C11H15N5S. The van der Waals surface area contributed by atoms with E-state index in [1.807, 2.05) is 0 Å². The summed E-state index contributed by atoms with van der Waals surface area (Å²) in [6.07, 6.45) is 9.17. The Balaban J connectivity index is 1.96. The van der Waals surface area contributed by atoms with Crippen molar-refractivity contribution in [1.29, 1.82) is 0 Å². The summed E-state index contributed by atoms with van der Waals surface area (Å²) in [6, 6.07) is 0. The average Bonchev–Trinajstić information content (AvgIpc) is 2.97. The lowest BCUT2D eigenvalue weighted by Gasteiger charge is -2.06. The normalized spacial score (nSPS) is 16.9. The summed E-state index contributed by atoms with van der Waals surface area (Å²) in [5.41, 5.74) is 0.855. The summed E-state index contributed by atoms with van der Waals surface area (Å²) in [5, 5.41) is 8.58. The second-order valence-electron chi connectivity index (χ2n) is 4.40. The van der Waals surface area contributed by atoms with Gasteiger partial charge in [0, 0.05) is 13.0 Å². The molecule has 17 heavy (non-hydrogen) atoms. The van der Waals surface area contributed by atoms with Gasteiger partial charge in [0.05, 0.1) is 17.9 Å². The van der Waals surface area contributed by atoms with Gasteiger partial charge in [0.25, 0.3) is 0 Å². The summed E-state index contributed by atoms with van der Waals surface area (Å²) in [7, 11) is 0. The van der Waals surface area contributed by atoms with Crippen LogP contribution in [0, 0.1) is 0 Å². The first-order chi connectivity index (χ1) is 8.45. The summed E-state index contributed by atoms with van der Waals surface area (Å²) in [4.78, 5) is 0. The quantitative estimate of drug-likeness (QED) is 0.778. The minimum atomic E-state index is 0.855. The van der Waals surface area contributed by atoms with Crippen molar-refractivity contribution in [1.82, 2.24) is 23.5 Å². The van der Waals surface area contributed by atoms with Crippen LogP contribution in [0.3, 0.4) is 0 Å². The van der Waals surface area contributed by atoms with Gasteiger partial charge >= 0.3 is 0 Å². The van der Waals surface area contributed by atoms with Gasteiger partial charge in [0.1, 0.15) is 11.5 Å². The van der Waals surface area contributed by atoms with Crippen molar-refractivity contribution in [3.63, 3.8) is 0 Å². The van der Waals surface area contributed by atoms with Gasteiger partial charge in [-0.25, -0.2) is 0 Å². The zero-order chi connectivity index (χ0) is 11.5. The van der Waals surface area contributed by atoms with Crippen LogP contribution in [0.1, 0.15) is 37.9 Å². The molecule has 0 amide bonds. The van der Waals surface area contributed by atoms with E-state index in [0.717, 1.165) is 30.3 Å². The van der Waals surface area contributed by atoms with Crippen LogP contribution in [0.5, 0.6) is 0 Å². The molecule has 2 aromatic heterocycles. The van der Waals surface area contributed by atoms with Crippen LogP contribution in [-0.2, 0) is 13.0 Å². The minimum absolute atomic E-state index is 0.855. The standard InChI is InChI=1S/C11H15N5S/c1-2-4-6-10-13-14-11(9-8-12-17-15-9)16(10)7-5-3-1/h8H,1-7H2. The Morgan fingerprint density at radius 2 is 1.94 bits per heavy atom. The van der Waals surface area contributed by atoms with Gasteiger partial charge < -0.3 is 4.57 Å². The van der Waals surface area contributed by atoms with Crippen LogP contribution in [0.4, 0.5) is 0 Å². The second kappa shape index (κ2) is 4.91. The predicted molar refractivity (Wildman–Crippen MR) is 65.7 cm³/mol. The molecule has 0 aliphatic carbocycles. The van der Waals surface area contributed by atoms with E-state index in [1.54, 1.807) is 6.20 Å². The fourth-order valence-corrected chi connectivity index (χ4v) is 2.70. The van der Waals surface area contributed by atoms with E-state index < -0.39 is 0 Å². The molecule has 5 nitrogen and oxygen atoms in total. The Hall–Kier alpha value is -1.30. The molecule has 0 unspecified atom stereocenters. The molecule has 0 saturated heterocycles. The second-order valence-corrected chi connectivity index (χ2v) is 4.96. The van der Waals surface area contributed by atoms with Crippen molar-refractivity contribution in [2.75, 3.05) is 0 Å². The van der Waals surface area contributed by atoms with Gasteiger partial charge in [-0.2, -0.15) is 8.75 Å². The molecule has 0 fully saturated rings. The van der Waals surface area contributed by atoms with E-state index in [-0.39, 0.29) is 0 Å². The lowest BCUT2D eigenvalue weighted by atomic mass is 10.1. The number of hydrogen-bond donors (Lipinski definition) is 0. The fourth-order valence-electron chi connectivity index (χ4n) is 2.29. The lowest BCUT2D eigenvalue weighted by Crippen LogP contribution is -2.05. The topological polar surface area (TPSA) is 56.5 Å². The average molecular weight is 249 g/mol. The molecular weight excluding hydrogens is 234 g/mol. The molecule has 1 aliphatic heterocycles. The van der Waals surface area contributed by atoms with Crippen molar-refractivity contribution in [2.24, 2.45) is 0 Å². The molecule has 0 atom stereocenters. The molecule has 3 heterocycles. The SMILES string of the molecule is c1nsnc1-c1nnc2n1CCCCCCC2. The minimum Gasteiger partial charge on any atom is -0.310 e. The van der Waals surface area contributed by atoms with Crippen LogP contribution >= 0.6 is 11.7 Å². The predicted octanol–water partition coefficient (Wildman–Crippen LogP) is 2.30. The Morgan fingerprint density at radius 1 is 1.06 bits per heavy atom. The first-order valence-corrected chi connectivity index (χ1v) is 6.88. The van der Waals surface area contributed by atoms with E-state index in [1.165, 1.54) is 43.8 Å². The lowest BCUT2D eigenvalue weighted by molar-refractivity contribution is 0.587. The summed E-state index contributed by atoms with van der Waals surface area (Å²) in [5.74, 6) is 1.99. The van der Waals surface area contributed by atoms with E-state index >= 15 is 0 Å². The summed E-state index contributed by atoms with van der Waals surface area (Å²) >= 11 is 1.22. The Morgan fingerprint density at radius 3 is 2.82 bits per heavy atom. The van der Waals surface area contributed by atoms with Gasteiger partial charge in [-0.05, 0) is 12.8 Å². The molecule has 6 heteroatoms. The van der Waals surface area contributed by atoms with Gasteiger partial charge in [0.15, 0.2) is 5.82 Å². The first-order valence-electron chi connectivity index (χ1n) is 6.15. The molecule has 0 radical (unpaired) electrons. The molecule has 0 bridgehead atoms. The molecule has 1 aliphatic rings. The van der Waals surface area contributed by atoms with Gasteiger partial charge in [-0.15, -0.1) is 10.2 Å². The third-order valence-electron chi connectivity index (χ3n) is 3.20. The van der Waals surface area contributed by atoms with Crippen molar-refractivity contribution < 1.29 is 0 Å². The maximum absolute atomic E-state index is 4.31. The highest BCUT2D eigenvalue weighted by molar-refractivity contribution is 6.99. The van der Waals surface area contributed by atoms with E-state index in [4.69, 9.17) is 0 Å². The number of aryl methyl sites for hydroxylation is 1. The highest BCUT2D eigenvalue weighted by atomic mass is 32.1. The zero-order valence-corrected chi connectivity index (χ0v) is 10.5. The Bertz CT molecular complexity index is 476. The zero-order valence-electron chi connectivity index (χ0n) is 9.67. The van der Waals surface area contributed by atoms with Crippen LogP contribution < -0.4 is 0 Å². The van der Waals surface area contributed by atoms with E-state index in [9.17, 15) is 0 Å². The molecule has 3 rings (SSSR count). The van der Waals surface area contributed by atoms with Gasteiger partial charge in [-0.1, -0.05) is 19.3 Å². The maximum Gasteiger partial charge on any atom is 0.185 e. The third-order valence-corrected chi connectivity index (χ3v) is 3.68.